The molecule has 0 aliphatic carbocycles. The maximum atomic E-state index is 13.2. The van der Waals surface area contributed by atoms with Gasteiger partial charge in [-0.3, -0.25) is 4.79 Å². The van der Waals surface area contributed by atoms with Crippen molar-refractivity contribution >= 4 is 11.6 Å². The molecule has 0 saturated carbocycles. The summed E-state index contributed by atoms with van der Waals surface area (Å²) >= 11 is 0. The fourth-order valence-electron chi connectivity index (χ4n) is 5.10. The van der Waals surface area contributed by atoms with E-state index in [0.717, 1.165) is 16.7 Å². The Morgan fingerprint density at radius 2 is 1.39 bits per heavy atom. The summed E-state index contributed by atoms with van der Waals surface area (Å²) in [6, 6.07) is 26.1. The molecule has 9 nitrogen and oxygen atoms in total. The van der Waals surface area contributed by atoms with Crippen molar-refractivity contribution in [2.75, 3.05) is 7.11 Å². The third kappa shape index (κ3) is 8.81. The summed E-state index contributed by atoms with van der Waals surface area (Å²) in [5.41, 5.74) is 2.49. The number of benzene rings is 3. The molecule has 9 heteroatoms. The second-order valence-electron chi connectivity index (χ2n) is 10.8. The molecule has 0 bridgehead atoms. The van der Waals surface area contributed by atoms with Crippen molar-refractivity contribution in [2.45, 2.75) is 89.2 Å². The zero-order chi connectivity index (χ0) is 32.4. The molecule has 7 atom stereocenters. The SMILES string of the molecule is [2H]C(CC(=O)C(O)[C@H]1OC(O)(CC)[C@H](OCc2ccc(OC)cc2)[C@@H](OCc2ccccc2)[C@H]1OCc1ccccc1)C(C)=O. The second-order valence-corrected chi connectivity index (χ2v) is 10.8. The smallest absolute Gasteiger partial charge is 0.195 e. The van der Waals surface area contributed by atoms with Gasteiger partial charge in [0, 0.05) is 20.6 Å². The van der Waals surface area contributed by atoms with Crippen molar-refractivity contribution in [3.63, 3.8) is 0 Å². The van der Waals surface area contributed by atoms with Gasteiger partial charge in [-0.2, -0.15) is 0 Å². The van der Waals surface area contributed by atoms with Crippen LogP contribution in [0, 0.1) is 0 Å². The molecular formula is C35H42O9. The van der Waals surface area contributed by atoms with Crippen LogP contribution < -0.4 is 4.74 Å². The largest absolute Gasteiger partial charge is 0.497 e. The minimum absolute atomic E-state index is 0.0306. The Morgan fingerprint density at radius 3 is 1.91 bits per heavy atom. The van der Waals surface area contributed by atoms with E-state index in [2.05, 4.69) is 0 Å². The highest BCUT2D eigenvalue weighted by molar-refractivity contribution is 5.88. The number of ketones is 2. The molecule has 3 aromatic carbocycles. The first kappa shape index (κ1) is 32.0. The Kier molecular flexibility index (Phi) is 11.7. The van der Waals surface area contributed by atoms with Gasteiger partial charge in [-0.15, -0.1) is 0 Å². The lowest BCUT2D eigenvalue weighted by molar-refractivity contribution is -0.374. The van der Waals surface area contributed by atoms with E-state index in [4.69, 9.17) is 25.1 Å². The molecule has 236 valence electrons. The first-order chi connectivity index (χ1) is 21.6. The normalized spacial score (nSPS) is 25.1. The Morgan fingerprint density at radius 1 is 0.864 bits per heavy atom. The molecule has 1 heterocycles. The Hall–Kier alpha value is -3.44. The lowest BCUT2D eigenvalue weighted by atomic mass is 9.86. The number of rotatable bonds is 16. The molecule has 3 unspecified atom stereocenters. The van der Waals surface area contributed by atoms with E-state index in [9.17, 15) is 19.8 Å². The van der Waals surface area contributed by atoms with Gasteiger partial charge in [0.1, 0.15) is 42.1 Å². The predicted molar refractivity (Wildman–Crippen MR) is 163 cm³/mol. The topological polar surface area (TPSA) is 121 Å². The third-order valence-corrected chi connectivity index (χ3v) is 7.63. The zero-order valence-electron chi connectivity index (χ0n) is 26.3. The number of ether oxygens (including phenoxy) is 5. The first-order valence-electron chi connectivity index (χ1n) is 15.3. The summed E-state index contributed by atoms with van der Waals surface area (Å²) < 4.78 is 38.6. The molecule has 0 aromatic heterocycles. The number of methoxy groups -OCH3 is 1. The zero-order valence-corrected chi connectivity index (χ0v) is 25.3. The molecular weight excluding hydrogens is 564 g/mol. The fourth-order valence-corrected chi connectivity index (χ4v) is 5.10. The Labute approximate surface area is 260 Å². The van der Waals surface area contributed by atoms with E-state index in [0.29, 0.717) is 5.75 Å². The van der Waals surface area contributed by atoms with E-state index >= 15 is 0 Å². The number of carbonyl (C=O) groups is 2. The monoisotopic (exact) mass is 607 g/mol. The van der Waals surface area contributed by atoms with Gasteiger partial charge in [-0.25, -0.2) is 0 Å². The van der Waals surface area contributed by atoms with Gasteiger partial charge in [0.05, 0.1) is 26.9 Å². The second kappa shape index (κ2) is 16.0. The average Bonchev–Trinajstić information content (AvgIpc) is 3.06. The van der Waals surface area contributed by atoms with E-state index in [1.807, 2.05) is 72.8 Å². The van der Waals surface area contributed by atoms with Crippen molar-refractivity contribution in [1.29, 1.82) is 0 Å². The quantitative estimate of drug-likeness (QED) is 0.242. The Balaban J connectivity index is 1.70. The Bertz CT molecular complexity index is 1350. The summed E-state index contributed by atoms with van der Waals surface area (Å²) in [5.74, 6) is -2.59. The number of carbonyl (C=O) groups excluding carboxylic acids is 2. The summed E-state index contributed by atoms with van der Waals surface area (Å²) in [7, 11) is 1.58. The highest BCUT2D eigenvalue weighted by atomic mass is 16.7. The van der Waals surface area contributed by atoms with Crippen molar-refractivity contribution in [3.8, 4) is 5.75 Å². The summed E-state index contributed by atoms with van der Waals surface area (Å²) in [4.78, 5) is 24.9. The lowest BCUT2D eigenvalue weighted by Gasteiger charge is -2.51. The van der Waals surface area contributed by atoms with Crippen LogP contribution in [0.25, 0.3) is 0 Å². The lowest BCUT2D eigenvalue weighted by Crippen LogP contribution is -2.69. The maximum Gasteiger partial charge on any atom is 0.195 e. The molecule has 2 N–H and O–H groups in total. The van der Waals surface area contributed by atoms with Crippen LogP contribution in [0.5, 0.6) is 5.75 Å². The minimum atomic E-state index is -1.99. The number of hydrogen-bond donors (Lipinski definition) is 2. The number of hydrogen-bond acceptors (Lipinski definition) is 9. The van der Waals surface area contributed by atoms with Crippen molar-refractivity contribution < 1.29 is 44.9 Å². The van der Waals surface area contributed by atoms with E-state index < -0.39 is 60.7 Å². The number of Topliss-reactive ketones (excluding diaryl/α,β-unsaturated/α-hetero) is 2. The van der Waals surface area contributed by atoms with Crippen LogP contribution in [0.3, 0.4) is 0 Å². The van der Waals surface area contributed by atoms with E-state index in [-0.39, 0.29) is 26.2 Å². The number of aliphatic hydroxyl groups excluding tert-OH is 1. The van der Waals surface area contributed by atoms with Gasteiger partial charge >= 0.3 is 0 Å². The standard InChI is InChI=1S/C35H42O9/c1-4-35(39)34(43-23-27-16-18-28(40-3)19-17-27)33(42-22-26-13-9-6-10-14-26)32(41-21-25-11-7-5-8-12-25)31(44-35)30(38)29(37)20-15-24(2)36/h5-14,16-19,30-34,38-39H,4,15,20-23H2,1-3H3/t30?,31-,32+,33+,34-,35?/m1/s1/i15D/t15?,30?,31-,32+,33+,34-,35?. The van der Waals surface area contributed by atoms with Crippen LogP contribution in [0.15, 0.2) is 84.9 Å². The van der Waals surface area contributed by atoms with Crippen molar-refractivity contribution in [1.82, 2.24) is 0 Å². The van der Waals surface area contributed by atoms with Crippen LogP contribution in [-0.4, -0.2) is 65.2 Å². The molecule has 3 aromatic rings. The van der Waals surface area contributed by atoms with Crippen LogP contribution in [0.1, 0.15) is 51.1 Å². The van der Waals surface area contributed by atoms with Crippen LogP contribution in [0.2, 0.25) is 0 Å². The van der Waals surface area contributed by atoms with Gasteiger partial charge in [-0.05, 0) is 35.7 Å². The molecule has 1 fully saturated rings. The fraction of sp³-hybridized carbons (Fsp3) is 0.429. The summed E-state index contributed by atoms with van der Waals surface area (Å²) in [6.07, 6.45) is -8.25. The molecule has 0 amide bonds. The van der Waals surface area contributed by atoms with Crippen molar-refractivity contribution in [3.05, 3.63) is 102 Å². The molecule has 1 aliphatic rings. The van der Waals surface area contributed by atoms with Gasteiger partial charge in [0.15, 0.2) is 11.6 Å². The van der Waals surface area contributed by atoms with Gasteiger partial charge in [0.2, 0.25) is 0 Å². The van der Waals surface area contributed by atoms with Crippen LogP contribution in [0.4, 0.5) is 0 Å². The molecule has 4 rings (SSSR count). The molecule has 1 aliphatic heterocycles. The van der Waals surface area contributed by atoms with Gasteiger partial charge < -0.3 is 38.7 Å². The van der Waals surface area contributed by atoms with Gasteiger partial charge in [0.25, 0.3) is 0 Å². The minimum Gasteiger partial charge on any atom is -0.497 e. The van der Waals surface area contributed by atoms with E-state index in [1.54, 1.807) is 26.2 Å². The number of aliphatic hydroxyl groups is 2. The van der Waals surface area contributed by atoms with E-state index in [1.165, 1.54) is 6.92 Å². The molecule has 1 saturated heterocycles. The van der Waals surface area contributed by atoms with Crippen LogP contribution in [-0.2, 0) is 48.4 Å². The van der Waals surface area contributed by atoms with Crippen LogP contribution >= 0.6 is 0 Å². The molecule has 0 spiro atoms. The molecule has 44 heavy (non-hydrogen) atoms. The van der Waals surface area contributed by atoms with Gasteiger partial charge in [-0.1, -0.05) is 79.7 Å². The maximum absolute atomic E-state index is 13.2. The molecule has 0 radical (unpaired) electrons. The first-order valence-corrected chi connectivity index (χ1v) is 14.7. The highest BCUT2D eigenvalue weighted by Crippen LogP contribution is 2.38. The predicted octanol–water partition coefficient (Wildman–Crippen LogP) is 4.55. The third-order valence-electron chi connectivity index (χ3n) is 7.63. The van der Waals surface area contributed by atoms with Crippen molar-refractivity contribution in [2.24, 2.45) is 0 Å². The summed E-state index contributed by atoms with van der Waals surface area (Å²) in [5, 5.41) is 23.3. The average molecular weight is 608 g/mol. The highest BCUT2D eigenvalue weighted by Gasteiger charge is 2.57. The summed E-state index contributed by atoms with van der Waals surface area (Å²) in [6.45, 7) is 3.21.